The van der Waals surface area contributed by atoms with Crippen LogP contribution in [0.5, 0.6) is 0 Å². The number of rotatable bonds is 2. The molecule has 0 atom stereocenters. The Labute approximate surface area is 112 Å². The Kier molecular flexibility index (Phi) is 3.68. The lowest BCUT2D eigenvalue weighted by molar-refractivity contribution is 0.00578. The number of allylic oxidation sites excluding steroid dienone is 1. The maximum atomic E-state index is 5.99. The summed E-state index contributed by atoms with van der Waals surface area (Å²) in [6, 6.07) is 0. The smallest absolute Gasteiger partial charge is 0.400 e. The van der Waals surface area contributed by atoms with Crippen LogP contribution in [0.4, 0.5) is 0 Å². The predicted octanol–water partition coefficient (Wildman–Crippen LogP) is 4.14. The first-order valence-electron chi connectivity index (χ1n) is 7.29. The van der Waals surface area contributed by atoms with Crippen molar-refractivity contribution in [2.75, 3.05) is 0 Å². The van der Waals surface area contributed by atoms with Gasteiger partial charge in [-0.3, -0.25) is 0 Å². The van der Waals surface area contributed by atoms with Crippen molar-refractivity contribution >= 4 is 7.12 Å². The highest BCUT2D eigenvalue weighted by molar-refractivity contribution is 6.51. The van der Waals surface area contributed by atoms with Crippen LogP contribution in [0.2, 0.25) is 0 Å². The molecule has 102 valence electrons. The molecule has 0 aromatic rings. The maximum Gasteiger partial charge on any atom is 0.486 e. The molecule has 0 bridgehead atoms. The molecule has 1 aliphatic heterocycles. The van der Waals surface area contributed by atoms with Crippen LogP contribution in [0.15, 0.2) is 12.1 Å². The van der Waals surface area contributed by atoms with Crippen molar-refractivity contribution in [2.45, 2.75) is 77.9 Å². The third-order valence-electron chi connectivity index (χ3n) is 4.92. The van der Waals surface area contributed by atoms with Crippen molar-refractivity contribution < 1.29 is 9.31 Å². The van der Waals surface area contributed by atoms with Crippen molar-refractivity contribution in [3.63, 3.8) is 0 Å². The summed E-state index contributed by atoms with van der Waals surface area (Å²) in [4.78, 5) is 0. The molecule has 0 N–H and O–H groups in total. The summed E-state index contributed by atoms with van der Waals surface area (Å²) < 4.78 is 12.0. The standard InChI is InChI=1S/C15H27BO2/c1-13(2)14(3,4)18-16(17-13)12-11-15(5)9-7-6-8-10-15/h11-12H,6-10H2,1-5H3/b12-11-. The van der Waals surface area contributed by atoms with Gasteiger partial charge in [0.25, 0.3) is 0 Å². The van der Waals surface area contributed by atoms with E-state index in [0.29, 0.717) is 5.41 Å². The van der Waals surface area contributed by atoms with Gasteiger partial charge in [0.1, 0.15) is 0 Å². The van der Waals surface area contributed by atoms with E-state index in [9.17, 15) is 0 Å². The van der Waals surface area contributed by atoms with E-state index < -0.39 is 0 Å². The van der Waals surface area contributed by atoms with Crippen molar-refractivity contribution in [1.82, 2.24) is 0 Å². The summed E-state index contributed by atoms with van der Waals surface area (Å²) in [6.45, 7) is 10.8. The van der Waals surface area contributed by atoms with Gasteiger partial charge in [-0.15, -0.1) is 0 Å². The van der Waals surface area contributed by atoms with E-state index in [1.165, 1.54) is 32.1 Å². The zero-order valence-corrected chi connectivity index (χ0v) is 12.6. The third-order valence-corrected chi connectivity index (χ3v) is 4.92. The van der Waals surface area contributed by atoms with Crippen molar-refractivity contribution in [3.05, 3.63) is 12.1 Å². The lowest BCUT2D eigenvalue weighted by Gasteiger charge is -2.32. The monoisotopic (exact) mass is 250 g/mol. The van der Waals surface area contributed by atoms with Crippen molar-refractivity contribution in [3.8, 4) is 0 Å². The summed E-state index contributed by atoms with van der Waals surface area (Å²) in [5, 5.41) is 0. The molecule has 0 spiro atoms. The minimum absolute atomic E-state index is 0.186. The van der Waals surface area contributed by atoms with Gasteiger partial charge in [-0.25, -0.2) is 0 Å². The van der Waals surface area contributed by atoms with E-state index in [1.807, 2.05) is 0 Å². The van der Waals surface area contributed by atoms with Crippen LogP contribution in [0.1, 0.15) is 66.7 Å². The molecule has 1 heterocycles. The second kappa shape index (κ2) is 4.68. The van der Waals surface area contributed by atoms with E-state index >= 15 is 0 Å². The van der Waals surface area contributed by atoms with Gasteiger partial charge in [0, 0.05) is 0 Å². The molecule has 0 amide bonds. The molecule has 0 aromatic heterocycles. The Balaban J connectivity index is 1.99. The summed E-state index contributed by atoms with van der Waals surface area (Å²) in [6.07, 6.45) is 9.01. The Morgan fingerprint density at radius 3 is 1.83 bits per heavy atom. The fourth-order valence-corrected chi connectivity index (χ4v) is 2.80. The van der Waals surface area contributed by atoms with Gasteiger partial charge in [0.2, 0.25) is 0 Å². The van der Waals surface area contributed by atoms with Gasteiger partial charge in [-0.05, 0) is 46.0 Å². The molecule has 1 saturated heterocycles. The summed E-state index contributed by atoms with van der Waals surface area (Å²) in [5.41, 5.74) is -0.104. The average Bonchev–Trinajstić information content (AvgIpc) is 2.46. The molecule has 1 saturated carbocycles. The molecule has 0 unspecified atom stereocenters. The van der Waals surface area contributed by atoms with Crippen molar-refractivity contribution in [1.29, 1.82) is 0 Å². The van der Waals surface area contributed by atoms with E-state index in [2.05, 4.69) is 46.7 Å². The highest BCUT2D eigenvalue weighted by Gasteiger charge is 2.50. The Morgan fingerprint density at radius 1 is 0.833 bits per heavy atom. The second-order valence-corrected chi connectivity index (χ2v) is 7.20. The molecular weight excluding hydrogens is 223 g/mol. The highest BCUT2D eigenvalue weighted by atomic mass is 16.7. The Hall–Kier alpha value is -0.275. The first-order valence-corrected chi connectivity index (χ1v) is 7.29. The fourth-order valence-electron chi connectivity index (χ4n) is 2.80. The molecular formula is C15H27BO2. The van der Waals surface area contributed by atoms with Gasteiger partial charge in [0.15, 0.2) is 0 Å². The first-order chi connectivity index (χ1) is 8.24. The summed E-state index contributed by atoms with van der Waals surface area (Å²) >= 11 is 0. The van der Waals surface area contributed by atoms with Crippen molar-refractivity contribution in [2.24, 2.45) is 5.41 Å². The number of hydrogen-bond acceptors (Lipinski definition) is 2. The van der Waals surface area contributed by atoms with Crippen LogP contribution >= 0.6 is 0 Å². The van der Waals surface area contributed by atoms with Gasteiger partial charge in [-0.2, -0.15) is 0 Å². The van der Waals surface area contributed by atoms with Crippen LogP contribution in [-0.4, -0.2) is 18.3 Å². The largest absolute Gasteiger partial charge is 0.486 e. The van der Waals surface area contributed by atoms with E-state index in [-0.39, 0.29) is 18.3 Å². The Bertz CT molecular complexity index is 311. The van der Waals surface area contributed by atoms with E-state index in [0.717, 1.165) is 0 Å². The molecule has 2 rings (SSSR count). The third kappa shape index (κ3) is 2.83. The molecule has 3 heteroatoms. The second-order valence-electron chi connectivity index (χ2n) is 7.20. The first kappa shape index (κ1) is 14.1. The zero-order chi connectivity index (χ0) is 13.4. The molecule has 2 aliphatic rings. The summed E-state index contributed by atoms with van der Waals surface area (Å²) in [5.74, 6) is 2.13. The molecule has 1 aliphatic carbocycles. The zero-order valence-electron chi connectivity index (χ0n) is 12.6. The van der Waals surface area contributed by atoms with E-state index in [4.69, 9.17) is 9.31 Å². The lowest BCUT2D eigenvalue weighted by Crippen LogP contribution is -2.41. The maximum absolute atomic E-state index is 5.99. The van der Waals surface area contributed by atoms with Crippen LogP contribution in [0.3, 0.4) is 0 Å². The SMILES string of the molecule is CC1(/C=C\B2OC(C)(C)C(C)(C)O2)CCCCC1. The minimum Gasteiger partial charge on any atom is -0.400 e. The Morgan fingerprint density at radius 2 is 1.33 bits per heavy atom. The van der Waals surface area contributed by atoms with E-state index in [1.54, 1.807) is 0 Å². The van der Waals surface area contributed by atoms with Gasteiger partial charge in [0.05, 0.1) is 11.2 Å². The van der Waals surface area contributed by atoms with Gasteiger partial charge in [-0.1, -0.05) is 38.2 Å². The fraction of sp³-hybridized carbons (Fsp3) is 0.867. The normalized spacial score (nSPS) is 29.9. The minimum atomic E-state index is -0.227. The molecule has 2 fully saturated rings. The average molecular weight is 250 g/mol. The highest BCUT2D eigenvalue weighted by Crippen LogP contribution is 2.39. The van der Waals surface area contributed by atoms with Gasteiger partial charge >= 0.3 is 7.12 Å². The van der Waals surface area contributed by atoms with Crippen LogP contribution in [-0.2, 0) is 9.31 Å². The van der Waals surface area contributed by atoms with Crippen LogP contribution in [0, 0.1) is 5.41 Å². The van der Waals surface area contributed by atoms with Crippen LogP contribution < -0.4 is 0 Å². The number of hydrogen-bond donors (Lipinski definition) is 0. The molecule has 2 nitrogen and oxygen atoms in total. The molecule has 18 heavy (non-hydrogen) atoms. The molecule has 0 radical (unpaired) electrons. The quantitative estimate of drug-likeness (QED) is 0.685. The lowest BCUT2D eigenvalue weighted by atomic mass is 9.73. The molecule has 0 aromatic carbocycles. The van der Waals surface area contributed by atoms with Gasteiger partial charge < -0.3 is 9.31 Å². The summed E-state index contributed by atoms with van der Waals surface area (Å²) in [7, 11) is -0.186. The topological polar surface area (TPSA) is 18.5 Å². The van der Waals surface area contributed by atoms with Crippen LogP contribution in [0.25, 0.3) is 0 Å². The predicted molar refractivity (Wildman–Crippen MR) is 76.4 cm³/mol.